The van der Waals surface area contributed by atoms with Crippen molar-refractivity contribution in [2.45, 2.75) is 24.7 Å². The summed E-state index contributed by atoms with van der Waals surface area (Å²) >= 11 is 1.19. The highest BCUT2D eigenvalue weighted by Crippen LogP contribution is 2.39. The second kappa shape index (κ2) is 6.06. The van der Waals surface area contributed by atoms with Crippen molar-refractivity contribution in [2.75, 3.05) is 18.0 Å². The van der Waals surface area contributed by atoms with Gasteiger partial charge in [-0.3, -0.25) is 4.79 Å². The van der Waals surface area contributed by atoms with Crippen molar-refractivity contribution < 1.29 is 26.9 Å². The standard InChI is InChI=1S/C16H12F3N5O3S/c17-16(18,19)14-21-12(22-27-14)11-5-20-15(28-11)24-7-8-4-9(24)6-23(8)13(25)10-2-1-3-26-10/h1-3,5,8-9H,4,6-7H2. The monoisotopic (exact) mass is 411 g/mol. The van der Waals surface area contributed by atoms with Gasteiger partial charge in [0, 0.05) is 13.1 Å². The number of rotatable bonds is 3. The number of halogens is 3. The molecule has 0 aliphatic carbocycles. The molecule has 2 aliphatic rings. The lowest BCUT2D eigenvalue weighted by molar-refractivity contribution is -0.159. The van der Waals surface area contributed by atoms with E-state index in [-0.39, 0.29) is 23.8 Å². The number of piperazine rings is 1. The number of fused-ring (bicyclic) bond motifs is 2. The van der Waals surface area contributed by atoms with E-state index in [2.05, 4.69) is 24.5 Å². The van der Waals surface area contributed by atoms with E-state index in [9.17, 15) is 18.0 Å². The lowest BCUT2D eigenvalue weighted by Gasteiger charge is -2.33. The van der Waals surface area contributed by atoms with Crippen LogP contribution in [0.5, 0.6) is 0 Å². The normalized spacial score (nSPS) is 21.7. The van der Waals surface area contributed by atoms with E-state index in [4.69, 9.17) is 4.42 Å². The minimum atomic E-state index is -4.68. The largest absolute Gasteiger partial charge is 0.471 e. The topological polar surface area (TPSA) is 88.5 Å². The Morgan fingerprint density at radius 2 is 2.14 bits per heavy atom. The van der Waals surface area contributed by atoms with Crippen LogP contribution < -0.4 is 4.90 Å². The Kier molecular flexibility index (Phi) is 3.73. The Morgan fingerprint density at radius 1 is 1.29 bits per heavy atom. The highest BCUT2D eigenvalue weighted by Gasteiger charge is 2.47. The molecule has 5 heterocycles. The van der Waals surface area contributed by atoms with Gasteiger partial charge in [0.15, 0.2) is 10.9 Å². The minimum Gasteiger partial charge on any atom is -0.459 e. The third kappa shape index (κ3) is 2.75. The van der Waals surface area contributed by atoms with Gasteiger partial charge < -0.3 is 18.7 Å². The number of carbonyl (C=O) groups is 1. The van der Waals surface area contributed by atoms with Crippen LogP contribution in [0.4, 0.5) is 18.3 Å². The highest BCUT2D eigenvalue weighted by atomic mass is 32.1. The molecule has 12 heteroatoms. The molecule has 2 fully saturated rings. The first-order valence-electron chi connectivity index (χ1n) is 8.38. The molecule has 3 aromatic rings. The Morgan fingerprint density at radius 3 is 2.79 bits per heavy atom. The van der Waals surface area contributed by atoms with Gasteiger partial charge in [-0.15, -0.1) is 0 Å². The predicted octanol–water partition coefficient (Wildman–Crippen LogP) is 2.91. The first-order valence-corrected chi connectivity index (χ1v) is 9.20. The molecule has 2 bridgehead atoms. The second-order valence-corrected chi connectivity index (χ2v) is 7.57. The summed E-state index contributed by atoms with van der Waals surface area (Å²) in [6.45, 7) is 1.14. The Labute approximate surface area is 159 Å². The van der Waals surface area contributed by atoms with Gasteiger partial charge in [0.1, 0.15) is 0 Å². The van der Waals surface area contributed by atoms with E-state index in [1.165, 1.54) is 23.8 Å². The number of likely N-dealkylation sites (tertiary alicyclic amines) is 1. The Balaban J connectivity index is 1.31. The molecule has 2 saturated heterocycles. The summed E-state index contributed by atoms with van der Waals surface area (Å²) in [5, 5.41) is 4.05. The number of nitrogens with zero attached hydrogens (tertiary/aromatic N) is 5. The van der Waals surface area contributed by atoms with Crippen molar-refractivity contribution in [1.82, 2.24) is 20.0 Å². The van der Waals surface area contributed by atoms with E-state index < -0.39 is 12.1 Å². The summed E-state index contributed by atoms with van der Waals surface area (Å²) in [4.78, 5) is 24.4. The van der Waals surface area contributed by atoms with Crippen LogP contribution in [0.1, 0.15) is 22.9 Å². The van der Waals surface area contributed by atoms with Crippen LogP contribution in [-0.2, 0) is 6.18 Å². The zero-order chi connectivity index (χ0) is 19.5. The van der Waals surface area contributed by atoms with Gasteiger partial charge in [0.05, 0.1) is 29.4 Å². The molecule has 0 radical (unpaired) electrons. The van der Waals surface area contributed by atoms with E-state index in [1.807, 2.05) is 0 Å². The summed E-state index contributed by atoms with van der Waals surface area (Å²) in [7, 11) is 0. The number of carbonyl (C=O) groups excluding carboxylic acids is 1. The van der Waals surface area contributed by atoms with Gasteiger partial charge in [-0.05, 0) is 18.6 Å². The lowest BCUT2D eigenvalue weighted by Crippen LogP contribution is -2.48. The minimum absolute atomic E-state index is 0.0388. The summed E-state index contributed by atoms with van der Waals surface area (Å²) in [6, 6.07) is 3.45. The molecule has 5 rings (SSSR count). The molecular formula is C16H12F3N5O3S. The van der Waals surface area contributed by atoms with Crippen molar-refractivity contribution in [3.8, 4) is 10.7 Å². The maximum atomic E-state index is 12.6. The zero-order valence-electron chi connectivity index (χ0n) is 14.1. The Bertz CT molecular complexity index is 1020. The predicted molar refractivity (Wildman–Crippen MR) is 89.7 cm³/mol. The number of anilines is 1. The van der Waals surface area contributed by atoms with Gasteiger partial charge in [-0.25, -0.2) is 4.98 Å². The quantitative estimate of drug-likeness (QED) is 0.655. The fraction of sp³-hybridized carbons (Fsp3) is 0.375. The van der Waals surface area contributed by atoms with Crippen molar-refractivity contribution in [1.29, 1.82) is 0 Å². The van der Waals surface area contributed by atoms with Gasteiger partial charge in [0.25, 0.3) is 5.91 Å². The average molecular weight is 411 g/mol. The molecule has 2 aliphatic heterocycles. The third-order valence-corrected chi connectivity index (χ3v) is 5.89. The van der Waals surface area contributed by atoms with Crippen LogP contribution in [-0.4, -0.2) is 51.1 Å². The molecule has 2 atom stereocenters. The molecule has 28 heavy (non-hydrogen) atoms. The Hall–Kier alpha value is -2.89. The second-order valence-electron chi connectivity index (χ2n) is 6.56. The van der Waals surface area contributed by atoms with Gasteiger partial charge in [-0.1, -0.05) is 16.5 Å². The summed E-state index contributed by atoms with van der Waals surface area (Å²) in [5.74, 6) is -1.35. The number of furan rings is 1. The van der Waals surface area contributed by atoms with Crippen molar-refractivity contribution >= 4 is 22.4 Å². The third-order valence-electron chi connectivity index (χ3n) is 4.86. The maximum Gasteiger partial charge on any atom is 0.471 e. The summed E-state index contributed by atoms with van der Waals surface area (Å²) in [6.07, 6.45) is -0.978. The molecule has 8 nitrogen and oxygen atoms in total. The number of hydrogen-bond acceptors (Lipinski definition) is 8. The SMILES string of the molecule is O=C(c1ccco1)N1CC2CC1CN2c1ncc(-c2noc(C(F)(F)F)n2)s1. The van der Waals surface area contributed by atoms with E-state index in [1.54, 1.807) is 17.0 Å². The van der Waals surface area contributed by atoms with Crippen LogP contribution >= 0.6 is 11.3 Å². The first-order chi connectivity index (χ1) is 13.4. The van der Waals surface area contributed by atoms with Gasteiger partial charge in [0.2, 0.25) is 5.82 Å². The van der Waals surface area contributed by atoms with E-state index in [0.29, 0.717) is 28.9 Å². The number of alkyl halides is 3. The van der Waals surface area contributed by atoms with Crippen LogP contribution in [0.15, 0.2) is 33.5 Å². The zero-order valence-corrected chi connectivity index (χ0v) is 14.9. The van der Waals surface area contributed by atoms with Crippen LogP contribution in [0.2, 0.25) is 0 Å². The molecule has 0 saturated carbocycles. The maximum absolute atomic E-state index is 12.6. The summed E-state index contributed by atoms with van der Waals surface area (Å²) < 4.78 is 47.3. The summed E-state index contributed by atoms with van der Waals surface area (Å²) in [5.41, 5.74) is 0. The van der Waals surface area contributed by atoms with Gasteiger partial charge >= 0.3 is 12.1 Å². The lowest BCUT2D eigenvalue weighted by atomic mass is 10.2. The smallest absolute Gasteiger partial charge is 0.459 e. The number of thiazole rings is 1. The molecule has 146 valence electrons. The molecule has 0 N–H and O–H groups in total. The molecule has 3 aromatic heterocycles. The van der Waals surface area contributed by atoms with Crippen molar-refractivity contribution in [3.05, 3.63) is 36.2 Å². The average Bonchev–Trinajstić information content (AvgIpc) is 3.48. The number of amides is 1. The number of aromatic nitrogens is 3. The molecule has 2 unspecified atom stereocenters. The van der Waals surface area contributed by atoms with Crippen molar-refractivity contribution in [3.63, 3.8) is 0 Å². The molecular weight excluding hydrogens is 399 g/mol. The highest BCUT2D eigenvalue weighted by molar-refractivity contribution is 7.18. The molecule has 0 spiro atoms. The van der Waals surface area contributed by atoms with E-state index in [0.717, 1.165) is 6.42 Å². The van der Waals surface area contributed by atoms with Crippen LogP contribution in [0.25, 0.3) is 10.7 Å². The molecule has 0 aromatic carbocycles. The van der Waals surface area contributed by atoms with Crippen LogP contribution in [0, 0.1) is 0 Å². The number of hydrogen-bond donors (Lipinski definition) is 0. The van der Waals surface area contributed by atoms with Crippen molar-refractivity contribution in [2.24, 2.45) is 0 Å². The fourth-order valence-corrected chi connectivity index (χ4v) is 4.55. The van der Waals surface area contributed by atoms with Crippen LogP contribution in [0.3, 0.4) is 0 Å². The first kappa shape index (κ1) is 17.2. The fourth-order valence-electron chi connectivity index (χ4n) is 3.63. The van der Waals surface area contributed by atoms with Gasteiger partial charge in [-0.2, -0.15) is 18.2 Å². The van der Waals surface area contributed by atoms with E-state index >= 15 is 0 Å². The molecule has 1 amide bonds.